The molecule has 0 atom stereocenters. The van der Waals surface area contributed by atoms with Crippen molar-refractivity contribution in [2.24, 2.45) is 5.92 Å². The number of carbonyl (C=O) groups excluding carboxylic acids is 2. The third-order valence-electron chi connectivity index (χ3n) is 5.29. The summed E-state index contributed by atoms with van der Waals surface area (Å²) >= 11 is 6.03. The van der Waals surface area contributed by atoms with Crippen molar-refractivity contribution in [3.63, 3.8) is 0 Å². The Morgan fingerprint density at radius 2 is 1.57 bits per heavy atom. The number of nitrogens with zero attached hydrogens (tertiary/aromatic N) is 2. The van der Waals surface area contributed by atoms with Crippen molar-refractivity contribution in [1.82, 2.24) is 4.90 Å². The highest BCUT2D eigenvalue weighted by Gasteiger charge is 2.42. The van der Waals surface area contributed by atoms with Crippen LogP contribution in [-0.2, 0) is 9.59 Å². The Morgan fingerprint density at radius 1 is 0.933 bits per heavy atom. The van der Waals surface area contributed by atoms with E-state index in [0.717, 1.165) is 31.7 Å². The maximum absolute atomic E-state index is 13.4. The molecule has 2 aliphatic heterocycles. The quantitative estimate of drug-likeness (QED) is 0.627. The number of ether oxygens (including phenoxy) is 1. The maximum atomic E-state index is 13.4. The first-order valence-corrected chi connectivity index (χ1v) is 10.7. The molecule has 0 saturated carbocycles. The topological polar surface area (TPSA) is 49.9 Å². The van der Waals surface area contributed by atoms with Crippen LogP contribution in [0, 0.1) is 5.92 Å². The molecule has 2 aromatic carbocycles. The van der Waals surface area contributed by atoms with Gasteiger partial charge < -0.3 is 9.64 Å². The van der Waals surface area contributed by atoms with E-state index in [2.05, 4.69) is 13.8 Å². The van der Waals surface area contributed by atoms with Gasteiger partial charge in [-0.1, -0.05) is 37.6 Å². The Hall–Kier alpha value is -2.79. The van der Waals surface area contributed by atoms with Crippen molar-refractivity contribution in [1.29, 1.82) is 0 Å². The molecule has 0 bridgehead atoms. The number of hydrogen-bond acceptors (Lipinski definition) is 4. The number of rotatable bonds is 6. The lowest BCUT2D eigenvalue weighted by atomic mass is 10.0. The van der Waals surface area contributed by atoms with Gasteiger partial charge in [-0.25, -0.2) is 4.90 Å². The van der Waals surface area contributed by atoms with E-state index in [4.69, 9.17) is 16.3 Å². The fourth-order valence-electron chi connectivity index (χ4n) is 3.82. The Labute approximate surface area is 181 Å². The van der Waals surface area contributed by atoms with Gasteiger partial charge in [-0.05, 0) is 60.7 Å². The molecule has 0 aromatic heterocycles. The van der Waals surface area contributed by atoms with E-state index in [0.29, 0.717) is 40.1 Å². The lowest BCUT2D eigenvalue weighted by Gasteiger charge is -2.20. The first-order chi connectivity index (χ1) is 14.5. The average molecular weight is 425 g/mol. The molecule has 0 spiro atoms. The predicted molar refractivity (Wildman–Crippen MR) is 118 cm³/mol. The second kappa shape index (κ2) is 8.52. The van der Waals surface area contributed by atoms with Crippen LogP contribution < -0.4 is 9.64 Å². The van der Waals surface area contributed by atoms with Gasteiger partial charge >= 0.3 is 0 Å². The molecule has 1 fully saturated rings. The summed E-state index contributed by atoms with van der Waals surface area (Å²) in [5.74, 6) is 0.556. The summed E-state index contributed by atoms with van der Waals surface area (Å²) in [6.45, 7) is 6.34. The van der Waals surface area contributed by atoms with Gasteiger partial charge in [-0.15, -0.1) is 0 Å². The molecular formula is C24H25ClN2O3. The van der Waals surface area contributed by atoms with E-state index in [9.17, 15) is 9.59 Å². The molecule has 30 heavy (non-hydrogen) atoms. The highest BCUT2D eigenvalue weighted by molar-refractivity contribution is 6.45. The summed E-state index contributed by atoms with van der Waals surface area (Å²) in [5, 5.41) is 0.590. The minimum absolute atomic E-state index is 0.275. The summed E-state index contributed by atoms with van der Waals surface area (Å²) in [6.07, 6.45) is 2.03. The van der Waals surface area contributed by atoms with Gasteiger partial charge in [0.05, 0.1) is 17.9 Å². The lowest BCUT2D eigenvalue weighted by Crippen LogP contribution is -2.34. The molecular weight excluding hydrogens is 400 g/mol. The Kier molecular flexibility index (Phi) is 5.82. The SMILES string of the molecule is CC(C)COc1ccc(N2C(=O)C(c3ccc(Cl)cc3)=C(N3CCCC3)C2=O)cc1. The predicted octanol–water partition coefficient (Wildman–Crippen LogP) is 4.76. The second-order valence-corrected chi connectivity index (χ2v) is 8.51. The highest BCUT2D eigenvalue weighted by Crippen LogP contribution is 2.36. The molecule has 0 aliphatic carbocycles. The van der Waals surface area contributed by atoms with E-state index < -0.39 is 0 Å². The number of anilines is 1. The number of amides is 2. The molecule has 0 radical (unpaired) electrons. The van der Waals surface area contributed by atoms with E-state index in [-0.39, 0.29) is 11.8 Å². The molecule has 156 valence electrons. The minimum atomic E-state index is -0.305. The molecule has 2 amide bonds. The van der Waals surface area contributed by atoms with E-state index in [1.54, 1.807) is 48.5 Å². The monoisotopic (exact) mass is 424 g/mol. The molecule has 0 N–H and O–H groups in total. The Morgan fingerprint density at radius 3 is 2.17 bits per heavy atom. The van der Waals surface area contributed by atoms with E-state index in [1.807, 2.05) is 4.90 Å². The molecule has 6 heteroatoms. The Bertz CT molecular complexity index is 975. The highest BCUT2D eigenvalue weighted by atomic mass is 35.5. The second-order valence-electron chi connectivity index (χ2n) is 8.07. The maximum Gasteiger partial charge on any atom is 0.282 e. The van der Waals surface area contributed by atoms with Gasteiger partial charge in [-0.3, -0.25) is 9.59 Å². The van der Waals surface area contributed by atoms with Crippen LogP contribution in [0.5, 0.6) is 5.75 Å². The van der Waals surface area contributed by atoms with Crippen molar-refractivity contribution in [3.8, 4) is 5.75 Å². The van der Waals surface area contributed by atoms with Crippen molar-refractivity contribution in [3.05, 3.63) is 64.8 Å². The molecule has 0 unspecified atom stereocenters. The first-order valence-electron chi connectivity index (χ1n) is 10.3. The zero-order valence-corrected chi connectivity index (χ0v) is 18.0. The van der Waals surface area contributed by atoms with Gasteiger partial charge in [-0.2, -0.15) is 0 Å². The summed E-state index contributed by atoms with van der Waals surface area (Å²) in [7, 11) is 0. The molecule has 5 nitrogen and oxygen atoms in total. The van der Waals surface area contributed by atoms with Crippen molar-refractivity contribution in [2.45, 2.75) is 26.7 Å². The van der Waals surface area contributed by atoms with Crippen molar-refractivity contribution < 1.29 is 14.3 Å². The largest absolute Gasteiger partial charge is 0.493 e. The number of hydrogen-bond donors (Lipinski definition) is 0. The fraction of sp³-hybridized carbons (Fsp3) is 0.333. The average Bonchev–Trinajstić information content (AvgIpc) is 3.34. The molecule has 2 heterocycles. The van der Waals surface area contributed by atoms with Gasteiger partial charge in [0.25, 0.3) is 11.8 Å². The van der Waals surface area contributed by atoms with Gasteiger partial charge in [0, 0.05) is 18.1 Å². The lowest BCUT2D eigenvalue weighted by molar-refractivity contribution is -0.120. The molecule has 2 aliphatic rings. The van der Waals surface area contributed by atoms with Gasteiger partial charge in [0.2, 0.25) is 0 Å². The number of imide groups is 1. The number of halogens is 1. The number of benzene rings is 2. The molecule has 1 saturated heterocycles. The van der Waals surface area contributed by atoms with Crippen LogP contribution >= 0.6 is 11.6 Å². The van der Waals surface area contributed by atoms with Crippen LogP contribution in [0.4, 0.5) is 5.69 Å². The standard InChI is InChI=1S/C24H25ClN2O3/c1-16(2)15-30-20-11-9-19(10-12-20)27-23(28)21(17-5-7-18(25)8-6-17)22(24(27)29)26-13-3-4-14-26/h5-12,16H,3-4,13-15H2,1-2H3. The third-order valence-corrected chi connectivity index (χ3v) is 5.54. The zero-order valence-electron chi connectivity index (χ0n) is 17.2. The summed E-state index contributed by atoms with van der Waals surface area (Å²) in [5.41, 5.74) is 2.18. The Balaban J connectivity index is 1.68. The number of likely N-dealkylation sites (tertiary alicyclic amines) is 1. The van der Waals surface area contributed by atoms with Crippen molar-refractivity contribution in [2.75, 3.05) is 24.6 Å². The van der Waals surface area contributed by atoms with E-state index >= 15 is 0 Å². The van der Waals surface area contributed by atoms with Crippen LogP contribution in [-0.4, -0.2) is 36.4 Å². The summed E-state index contributed by atoms with van der Waals surface area (Å²) < 4.78 is 5.72. The van der Waals surface area contributed by atoms with Crippen LogP contribution in [0.25, 0.3) is 5.57 Å². The van der Waals surface area contributed by atoms with Crippen LogP contribution in [0.2, 0.25) is 5.02 Å². The minimum Gasteiger partial charge on any atom is -0.493 e. The van der Waals surface area contributed by atoms with Crippen LogP contribution in [0.1, 0.15) is 32.3 Å². The summed E-state index contributed by atoms with van der Waals surface area (Å²) in [6, 6.07) is 14.2. The smallest absolute Gasteiger partial charge is 0.282 e. The normalized spacial score (nSPS) is 16.9. The fourth-order valence-corrected chi connectivity index (χ4v) is 3.94. The third kappa shape index (κ3) is 3.94. The van der Waals surface area contributed by atoms with Gasteiger partial charge in [0.1, 0.15) is 11.4 Å². The van der Waals surface area contributed by atoms with Crippen LogP contribution in [0.15, 0.2) is 54.2 Å². The zero-order chi connectivity index (χ0) is 21.3. The summed E-state index contributed by atoms with van der Waals surface area (Å²) in [4.78, 5) is 30.1. The number of carbonyl (C=O) groups is 2. The van der Waals surface area contributed by atoms with Gasteiger partial charge in [0.15, 0.2) is 0 Å². The molecule has 4 rings (SSSR count). The van der Waals surface area contributed by atoms with Crippen molar-refractivity contribution >= 4 is 34.7 Å². The molecule has 2 aromatic rings. The van der Waals surface area contributed by atoms with Crippen LogP contribution in [0.3, 0.4) is 0 Å². The van der Waals surface area contributed by atoms with E-state index in [1.165, 1.54) is 4.90 Å². The first kappa shape index (κ1) is 20.5.